The molecule has 3 atom stereocenters. The molecule has 1 saturated heterocycles. The number of nitrogens with zero attached hydrogens (tertiary/aromatic N) is 5. The van der Waals surface area contributed by atoms with E-state index in [1.807, 2.05) is 30.3 Å². The van der Waals surface area contributed by atoms with Crippen LogP contribution in [0.5, 0.6) is 0 Å². The predicted molar refractivity (Wildman–Crippen MR) is 82.0 cm³/mol. The van der Waals surface area contributed by atoms with Crippen molar-refractivity contribution in [2.45, 2.75) is 31.7 Å². The van der Waals surface area contributed by atoms with Crippen LogP contribution in [0.15, 0.2) is 41.6 Å². The fourth-order valence-electron chi connectivity index (χ4n) is 3.12. The molecule has 1 aromatic carbocycles. The molecule has 1 unspecified atom stereocenters. The van der Waals surface area contributed by atoms with Crippen LogP contribution in [0.1, 0.15) is 29.3 Å². The van der Waals surface area contributed by atoms with Gasteiger partial charge in [-0.3, -0.25) is 5.01 Å². The van der Waals surface area contributed by atoms with E-state index in [0.29, 0.717) is 23.6 Å². The Labute approximate surface area is 132 Å². The van der Waals surface area contributed by atoms with Gasteiger partial charge in [-0.05, 0) is 12.5 Å². The molecule has 23 heavy (non-hydrogen) atoms. The van der Waals surface area contributed by atoms with Gasteiger partial charge < -0.3 is 5.32 Å². The number of aromatic nitrogens is 2. The van der Waals surface area contributed by atoms with Crippen LogP contribution in [-0.2, 0) is 0 Å². The van der Waals surface area contributed by atoms with Gasteiger partial charge in [-0.2, -0.15) is 10.4 Å². The van der Waals surface area contributed by atoms with Gasteiger partial charge in [0.1, 0.15) is 12.2 Å². The normalized spacial score (nSPS) is 25.7. The molecule has 2 aromatic rings. The van der Waals surface area contributed by atoms with Crippen LogP contribution in [0.3, 0.4) is 0 Å². The summed E-state index contributed by atoms with van der Waals surface area (Å²) in [4.78, 5) is 0. The van der Waals surface area contributed by atoms with Gasteiger partial charge in [0, 0.05) is 6.42 Å². The quantitative estimate of drug-likeness (QED) is 0.873. The van der Waals surface area contributed by atoms with Crippen molar-refractivity contribution in [3.05, 3.63) is 53.3 Å². The summed E-state index contributed by atoms with van der Waals surface area (Å²) >= 11 is 0. The lowest BCUT2D eigenvalue weighted by molar-refractivity contribution is 0.180. The van der Waals surface area contributed by atoms with Gasteiger partial charge >= 0.3 is 0 Å². The zero-order valence-electron chi connectivity index (χ0n) is 12.5. The van der Waals surface area contributed by atoms with Crippen molar-refractivity contribution in [1.82, 2.24) is 20.1 Å². The molecule has 0 amide bonds. The lowest BCUT2D eigenvalue weighted by Crippen LogP contribution is -2.41. The van der Waals surface area contributed by atoms with E-state index in [-0.39, 0.29) is 6.04 Å². The minimum atomic E-state index is -1.02. The van der Waals surface area contributed by atoms with E-state index >= 15 is 0 Å². The highest BCUT2D eigenvalue weighted by molar-refractivity contribution is 5.83. The predicted octanol–water partition coefficient (Wildman–Crippen LogP) is 1.90. The SMILES string of the molecule is Cc1nn(C2=NN3C(N2)[C@@H](F)C[C@H]3c2ccccc2)cc1C#N. The number of aryl methyl sites for hydroxylation is 1. The Bertz CT molecular complexity index is 806. The Morgan fingerprint density at radius 3 is 2.83 bits per heavy atom. The molecule has 0 aliphatic carbocycles. The Morgan fingerprint density at radius 2 is 2.13 bits per heavy atom. The van der Waals surface area contributed by atoms with Gasteiger partial charge in [-0.25, -0.2) is 9.07 Å². The average molecular weight is 310 g/mol. The van der Waals surface area contributed by atoms with E-state index in [4.69, 9.17) is 5.26 Å². The van der Waals surface area contributed by atoms with Crippen LogP contribution in [0.4, 0.5) is 4.39 Å². The standard InChI is InChI=1S/C16H15FN6/c1-10-12(8-18)9-22(20-10)16-19-15-13(17)7-14(23(15)21-16)11-5-3-2-4-6-11/h2-6,9,13-15H,7H2,1H3,(H,19,21)/t13-,14-,15?/m0/s1. The maximum Gasteiger partial charge on any atom is 0.243 e. The fraction of sp³-hybridized carbons (Fsp3) is 0.312. The Kier molecular flexibility index (Phi) is 3.05. The first kappa shape index (κ1) is 13.8. The molecule has 3 heterocycles. The molecule has 0 radical (unpaired) electrons. The Balaban J connectivity index is 1.67. The summed E-state index contributed by atoms with van der Waals surface area (Å²) in [5, 5.41) is 22.6. The molecule has 0 spiro atoms. The van der Waals surface area contributed by atoms with Crippen LogP contribution in [0.25, 0.3) is 0 Å². The number of benzene rings is 1. The van der Waals surface area contributed by atoms with Crippen LogP contribution in [-0.4, -0.2) is 33.1 Å². The third-order valence-corrected chi connectivity index (χ3v) is 4.30. The summed E-state index contributed by atoms with van der Waals surface area (Å²) in [5.41, 5.74) is 2.15. The zero-order valence-corrected chi connectivity index (χ0v) is 12.5. The second-order valence-corrected chi connectivity index (χ2v) is 5.76. The van der Waals surface area contributed by atoms with Gasteiger partial charge in [0.15, 0.2) is 6.17 Å². The summed E-state index contributed by atoms with van der Waals surface area (Å²) in [7, 11) is 0. The third-order valence-electron chi connectivity index (χ3n) is 4.30. The lowest BCUT2D eigenvalue weighted by atomic mass is 10.1. The van der Waals surface area contributed by atoms with E-state index in [9.17, 15) is 4.39 Å². The van der Waals surface area contributed by atoms with Crippen LogP contribution < -0.4 is 5.32 Å². The zero-order chi connectivity index (χ0) is 16.0. The highest BCUT2D eigenvalue weighted by atomic mass is 19.1. The van der Waals surface area contributed by atoms with Gasteiger partial charge in [-0.15, -0.1) is 5.10 Å². The maximum absolute atomic E-state index is 14.4. The number of nitriles is 1. The largest absolute Gasteiger partial charge is 0.329 e. The number of alkyl halides is 1. The number of hydrogen-bond acceptors (Lipinski definition) is 5. The van der Waals surface area contributed by atoms with Crippen molar-refractivity contribution >= 4 is 5.96 Å². The van der Waals surface area contributed by atoms with Gasteiger partial charge in [0.25, 0.3) is 0 Å². The summed E-state index contributed by atoms with van der Waals surface area (Å²) in [6, 6.07) is 11.8. The van der Waals surface area contributed by atoms with Crippen molar-refractivity contribution in [2.24, 2.45) is 5.10 Å². The maximum atomic E-state index is 14.4. The first-order valence-electron chi connectivity index (χ1n) is 7.46. The molecule has 116 valence electrons. The molecular weight excluding hydrogens is 295 g/mol. The average Bonchev–Trinajstić information content (AvgIpc) is 3.23. The molecule has 4 rings (SSSR count). The molecule has 1 N–H and O–H groups in total. The number of rotatable bonds is 1. The molecule has 0 bridgehead atoms. The van der Waals surface area contributed by atoms with Gasteiger partial charge in [0.05, 0.1) is 23.5 Å². The molecular formula is C16H15FN6. The Hall–Kier alpha value is -2.88. The van der Waals surface area contributed by atoms with Crippen molar-refractivity contribution in [1.29, 1.82) is 5.26 Å². The number of halogens is 1. The third kappa shape index (κ3) is 2.14. The molecule has 2 aliphatic heterocycles. The van der Waals surface area contributed by atoms with Crippen LogP contribution in [0.2, 0.25) is 0 Å². The highest BCUT2D eigenvalue weighted by Gasteiger charge is 2.46. The molecule has 7 heteroatoms. The van der Waals surface area contributed by atoms with Gasteiger partial charge in [-0.1, -0.05) is 30.3 Å². The van der Waals surface area contributed by atoms with Crippen LogP contribution in [0, 0.1) is 18.3 Å². The smallest absolute Gasteiger partial charge is 0.243 e. The van der Waals surface area contributed by atoms with E-state index in [1.165, 1.54) is 4.68 Å². The van der Waals surface area contributed by atoms with Crippen molar-refractivity contribution in [3.63, 3.8) is 0 Å². The minimum Gasteiger partial charge on any atom is -0.329 e. The summed E-state index contributed by atoms with van der Waals surface area (Å²) in [5.74, 6) is 0.447. The lowest BCUT2D eigenvalue weighted by Gasteiger charge is -2.21. The summed E-state index contributed by atoms with van der Waals surface area (Å²) in [6.07, 6.45) is 0.493. The number of nitrogens with one attached hydrogen (secondary N) is 1. The molecule has 1 fully saturated rings. The van der Waals surface area contributed by atoms with Crippen molar-refractivity contribution in [3.8, 4) is 6.07 Å². The number of hydrazone groups is 1. The van der Waals surface area contributed by atoms with Crippen molar-refractivity contribution < 1.29 is 4.39 Å². The fourth-order valence-corrected chi connectivity index (χ4v) is 3.12. The summed E-state index contributed by atoms with van der Waals surface area (Å²) in [6.45, 7) is 1.76. The first-order chi connectivity index (χ1) is 11.2. The summed E-state index contributed by atoms with van der Waals surface area (Å²) < 4.78 is 15.9. The molecule has 6 nitrogen and oxygen atoms in total. The first-order valence-corrected chi connectivity index (χ1v) is 7.46. The topological polar surface area (TPSA) is 69.2 Å². The minimum absolute atomic E-state index is 0.103. The van der Waals surface area contributed by atoms with E-state index in [1.54, 1.807) is 18.1 Å². The van der Waals surface area contributed by atoms with Crippen LogP contribution >= 0.6 is 0 Å². The van der Waals surface area contributed by atoms with Gasteiger partial charge in [0.2, 0.25) is 5.96 Å². The second-order valence-electron chi connectivity index (χ2n) is 5.76. The second kappa shape index (κ2) is 5.09. The monoisotopic (exact) mass is 310 g/mol. The van der Waals surface area contributed by atoms with E-state index in [2.05, 4.69) is 21.6 Å². The molecule has 0 saturated carbocycles. The van der Waals surface area contributed by atoms with E-state index < -0.39 is 12.3 Å². The number of fused-ring (bicyclic) bond motifs is 1. The highest BCUT2D eigenvalue weighted by Crippen LogP contribution is 2.39. The molecule has 2 aliphatic rings. The van der Waals surface area contributed by atoms with E-state index in [0.717, 1.165) is 5.56 Å². The number of hydrogen-bond donors (Lipinski definition) is 1. The molecule has 1 aromatic heterocycles. The Morgan fingerprint density at radius 1 is 1.35 bits per heavy atom. The van der Waals surface area contributed by atoms with Crippen molar-refractivity contribution in [2.75, 3.05) is 0 Å².